The summed E-state index contributed by atoms with van der Waals surface area (Å²) in [5.41, 5.74) is 3.89. The van der Waals surface area contributed by atoms with E-state index >= 15 is 0 Å². The average molecular weight is 272 g/mol. The van der Waals surface area contributed by atoms with Crippen LogP contribution in [-0.2, 0) is 22.4 Å². The van der Waals surface area contributed by atoms with Gasteiger partial charge in [-0.25, -0.2) is 4.98 Å². The number of aryl methyl sites for hydroxylation is 1. The van der Waals surface area contributed by atoms with E-state index in [9.17, 15) is 9.59 Å². The molecule has 4 nitrogen and oxygen atoms in total. The van der Waals surface area contributed by atoms with Crippen molar-refractivity contribution in [2.24, 2.45) is 0 Å². The van der Waals surface area contributed by atoms with E-state index in [-0.39, 0.29) is 5.91 Å². The summed E-state index contributed by atoms with van der Waals surface area (Å²) >= 11 is 1.57. The van der Waals surface area contributed by atoms with Crippen molar-refractivity contribution in [2.75, 3.05) is 5.32 Å². The summed E-state index contributed by atoms with van der Waals surface area (Å²) in [6, 6.07) is 5.89. The van der Waals surface area contributed by atoms with Gasteiger partial charge in [-0.1, -0.05) is 0 Å². The van der Waals surface area contributed by atoms with E-state index in [0.717, 1.165) is 33.8 Å². The first-order valence-corrected chi connectivity index (χ1v) is 6.95. The van der Waals surface area contributed by atoms with Gasteiger partial charge in [0.15, 0.2) is 0 Å². The Labute approximate surface area is 114 Å². The number of aldehydes is 1. The lowest BCUT2D eigenvalue weighted by Crippen LogP contribution is -2.03. The van der Waals surface area contributed by atoms with Gasteiger partial charge in [0.2, 0.25) is 5.91 Å². The Hall–Kier alpha value is -2.01. The standard InChI is InChI=1S/C14H12N2O2S/c17-5-1-2-11-8-19-14(15-11)9-3-4-12-10(6-9)7-13(18)16-12/h3-6,8H,1-2,7H2,(H,16,18). The highest BCUT2D eigenvalue weighted by Gasteiger charge is 2.18. The van der Waals surface area contributed by atoms with Gasteiger partial charge in [-0.05, 0) is 30.2 Å². The number of amides is 1. The fourth-order valence-corrected chi connectivity index (χ4v) is 2.97. The number of carbonyl (C=O) groups is 2. The van der Waals surface area contributed by atoms with Crippen LogP contribution in [0, 0.1) is 0 Å². The highest BCUT2D eigenvalue weighted by molar-refractivity contribution is 7.13. The van der Waals surface area contributed by atoms with E-state index in [1.165, 1.54) is 0 Å². The lowest BCUT2D eigenvalue weighted by atomic mass is 10.1. The van der Waals surface area contributed by atoms with E-state index in [0.29, 0.717) is 19.3 Å². The highest BCUT2D eigenvalue weighted by atomic mass is 32.1. The summed E-state index contributed by atoms with van der Waals surface area (Å²) in [4.78, 5) is 26.2. The Balaban J connectivity index is 1.86. The number of hydrogen-bond donors (Lipinski definition) is 1. The molecular weight excluding hydrogens is 260 g/mol. The fraction of sp³-hybridized carbons (Fsp3) is 0.214. The van der Waals surface area contributed by atoms with Crippen molar-refractivity contribution in [3.8, 4) is 10.6 Å². The minimum absolute atomic E-state index is 0.0398. The second-order valence-corrected chi connectivity index (χ2v) is 5.30. The molecule has 1 aromatic heterocycles. The van der Waals surface area contributed by atoms with E-state index < -0.39 is 0 Å². The lowest BCUT2D eigenvalue weighted by molar-refractivity contribution is -0.115. The van der Waals surface area contributed by atoms with Gasteiger partial charge in [0, 0.05) is 23.1 Å². The molecule has 1 aromatic carbocycles. The topological polar surface area (TPSA) is 59.1 Å². The zero-order chi connectivity index (χ0) is 13.2. The van der Waals surface area contributed by atoms with E-state index in [4.69, 9.17) is 0 Å². The Kier molecular flexibility index (Phi) is 3.13. The molecular formula is C14H12N2O2S. The highest BCUT2D eigenvalue weighted by Crippen LogP contribution is 2.30. The van der Waals surface area contributed by atoms with Crippen molar-refractivity contribution >= 4 is 29.2 Å². The number of thiazole rings is 1. The molecule has 0 unspecified atom stereocenters. The molecule has 5 heteroatoms. The summed E-state index contributed by atoms with van der Waals surface area (Å²) in [6.07, 6.45) is 2.54. The number of hydrogen-bond acceptors (Lipinski definition) is 4. The first kappa shape index (κ1) is 12.0. The van der Waals surface area contributed by atoms with Crippen molar-refractivity contribution in [3.05, 3.63) is 34.8 Å². The zero-order valence-corrected chi connectivity index (χ0v) is 11.0. The molecule has 0 aliphatic carbocycles. The zero-order valence-electron chi connectivity index (χ0n) is 10.2. The molecule has 1 aliphatic rings. The molecule has 1 N–H and O–H groups in total. The maximum Gasteiger partial charge on any atom is 0.228 e. The van der Waals surface area contributed by atoms with Crippen LogP contribution >= 0.6 is 11.3 Å². The van der Waals surface area contributed by atoms with E-state index in [2.05, 4.69) is 10.3 Å². The number of nitrogens with one attached hydrogen (secondary N) is 1. The third kappa shape index (κ3) is 2.42. The van der Waals surface area contributed by atoms with Crippen LogP contribution in [0.4, 0.5) is 5.69 Å². The molecule has 0 fully saturated rings. The maximum atomic E-state index is 11.3. The van der Waals surface area contributed by atoms with Gasteiger partial charge >= 0.3 is 0 Å². The predicted molar refractivity (Wildman–Crippen MR) is 74.3 cm³/mol. The third-order valence-electron chi connectivity index (χ3n) is 3.05. The number of nitrogens with zero attached hydrogens (tertiary/aromatic N) is 1. The molecule has 0 saturated heterocycles. The predicted octanol–water partition coefficient (Wildman–Crippen LogP) is 2.44. The average Bonchev–Trinajstić information content (AvgIpc) is 3.00. The number of aromatic nitrogens is 1. The molecule has 19 heavy (non-hydrogen) atoms. The van der Waals surface area contributed by atoms with Crippen molar-refractivity contribution in [1.82, 2.24) is 4.98 Å². The molecule has 0 bridgehead atoms. The largest absolute Gasteiger partial charge is 0.326 e. The number of carbonyl (C=O) groups excluding carboxylic acids is 2. The normalized spacial score (nSPS) is 13.2. The summed E-state index contributed by atoms with van der Waals surface area (Å²) in [7, 11) is 0. The summed E-state index contributed by atoms with van der Waals surface area (Å²) in [6.45, 7) is 0. The second-order valence-electron chi connectivity index (χ2n) is 4.45. The Morgan fingerprint density at radius 3 is 3.16 bits per heavy atom. The van der Waals surface area contributed by atoms with Crippen molar-refractivity contribution in [1.29, 1.82) is 0 Å². The smallest absolute Gasteiger partial charge is 0.228 e. The maximum absolute atomic E-state index is 11.3. The molecule has 3 rings (SSSR count). The van der Waals surface area contributed by atoms with Crippen LogP contribution in [-0.4, -0.2) is 17.2 Å². The first-order valence-electron chi connectivity index (χ1n) is 6.07. The van der Waals surface area contributed by atoms with Crippen LogP contribution in [0.3, 0.4) is 0 Å². The van der Waals surface area contributed by atoms with Crippen molar-refractivity contribution in [3.63, 3.8) is 0 Å². The molecule has 1 amide bonds. The van der Waals surface area contributed by atoms with Gasteiger partial charge in [0.1, 0.15) is 11.3 Å². The molecule has 0 saturated carbocycles. The van der Waals surface area contributed by atoms with Gasteiger partial charge in [-0.2, -0.15) is 0 Å². The minimum atomic E-state index is 0.0398. The van der Waals surface area contributed by atoms with E-state index in [1.807, 2.05) is 23.6 Å². The molecule has 1 aliphatic heterocycles. The van der Waals surface area contributed by atoms with Crippen molar-refractivity contribution < 1.29 is 9.59 Å². The molecule has 0 radical (unpaired) electrons. The molecule has 0 atom stereocenters. The summed E-state index contributed by atoms with van der Waals surface area (Å²) < 4.78 is 0. The van der Waals surface area contributed by atoms with Crippen LogP contribution in [0.5, 0.6) is 0 Å². The number of fused-ring (bicyclic) bond motifs is 1. The van der Waals surface area contributed by atoms with Crippen molar-refractivity contribution in [2.45, 2.75) is 19.3 Å². The minimum Gasteiger partial charge on any atom is -0.326 e. The molecule has 2 heterocycles. The van der Waals surface area contributed by atoms with Gasteiger partial charge < -0.3 is 10.1 Å². The van der Waals surface area contributed by atoms with Crippen LogP contribution in [0.2, 0.25) is 0 Å². The molecule has 2 aromatic rings. The summed E-state index contributed by atoms with van der Waals surface area (Å²) in [5.74, 6) is 0.0398. The first-order chi connectivity index (χ1) is 9.26. The quantitative estimate of drug-likeness (QED) is 0.870. The molecule has 0 spiro atoms. The molecule has 96 valence electrons. The fourth-order valence-electron chi connectivity index (χ4n) is 2.12. The number of benzene rings is 1. The summed E-state index contributed by atoms with van der Waals surface area (Å²) in [5, 5.41) is 5.73. The van der Waals surface area contributed by atoms with Crippen LogP contribution < -0.4 is 5.32 Å². The van der Waals surface area contributed by atoms with Gasteiger partial charge in [-0.15, -0.1) is 11.3 Å². The SMILES string of the molecule is O=CCCc1csc(-c2ccc3c(c2)CC(=O)N3)n1. The van der Waals surface area contributed by atoms with Gasteiger partial charge in [0.05, 0.1) is 12.1 Å². The van der Waals surface area contributed by atoms with Crippen LogP contribution in [0.1, 0.15) is 17.7 Å². The van der Waals surface area contributed by atoms with Crippen LogP contribution in [0.25, 0.3) is 10.6 Å². The third-order valence-corrected chi connectivity index (χ3v) is 3.99. The monoisotopic (exact) mass is 272 g/mol. The number of rotatable bonds is 4. The van der Waals surface area contributed by atoms with Gasteiger partial charge in [0.25, 0.3) is 0 Å². The lowest BCUT2D eigenvalue weighted by Gasteiger charge is -2.01. The van der Waals surface area contributed by atoms with Gasteiger partial charge in [-0.3, -0.25) is 4.79 Å². The Morgan fingerprint density at radius 2 is 2.32 bits per heavy atom. The Bertz CT molecular complexity index is 649. The second kappa shape index (κ2) is 4.93. The number of anilines is 1. The van der Waals surface area contributed by atoms with E-state index in [1.54, 1.807) is 11.3 Å². The van der Waals surface area contributed by atoms with Crippen LogP contribution in [0.15, 0.2) is 23.6 Å². The Morgan fingerprint density at radius 1 is 1.42 bits per heavy atom.